The number of benzene rings is 1. The average Bonchev–Trinajstić information content (AvgIpc) is 3.09. The number of pyridine rings is 1. The molecule has 1 amide bonds. The van der Waals surface area contributed by atoms with Crippen LogP contribution in [0, 0.1) is 12.7 Å². The molecule has 0 atom stereocenters. The van der Waals surface area contributed by atoms with Crippen LogP contribution in [-0.4, -0.2) is 27.0 Å². The van der Waals surface area contributed by atoms with Crippen molar-refractivity contribution >= 4 is 11.7 Å². The van der Waals surface area contributed by atoms with Crippen molar-refractivity contribution in [2.75, 3.05) is 12.3 Å². The highest BCUT2D eigenvalue weighted by Crippen LogP contribution is 2.30. The van der Waals surface area contributed by atoms with E-state index < -0.39 is 17.6 Å². The van der Waals surface area contributed by atoms with E-state index in [1.54, 1.807) is 24.5 Å². The molecule has 0 spiro atoms. The van der Waals surface area contributed by atoms with Gasteiger partial charge in [-0.1, -0.05) is 25.3 Å². The number of halogens is 2. The van der Waals surface area contributed by atoms with Gasteiger partial charge in [0, 0.05) is 30.9 Å². The van der Waals surface area contributed by atoms with Gasteiger partial charge >= 0.3 is 0 Å². The number of nitrogen functional groups attached to an aromatic ring is 1. The standard InChI is InChI=1S/C24H23F2N5O/c1-5-16(8-14(2)25)11-30-24(32)19-7-6-17(10-21(19)26)20-9-18(12-29-23(20)27)22-13-28-15(3)31(22)4/h5-10,12-13H,1-2,11H2,3-4H3,(H2,27,29)(H,30,32)/b16-8+. The number of rotatable bonds is 7. The molecule has 8 heteroatoms. The first-order chi connectivity index (χ1) is 15.2. The van der Waals surface area contributed by atoms with E-state index in [0.29, 0.717) is 16.7 Å². The minimum Gasteiger partial charge on any atom is -0.383 e. The number of aromatic nitrogens is 3. The number of allylic oxidation sites excluding steroid dienone is 2. The molecule has 32 heavy (non-hydrogen) atoms. The van der Waals surface area contributed by atoms with E-state index in [1.807, 2.05) is 18.5 Å². The van der Waals surface area contributed by atoms with Crippen LogP contribution >= 0.6 is 0 Å². The second-order valence-electron chi connectivity index (χ2n) is 7.15. The SMILES string of the molecule is C=C/C(=C\C(=C)F)CNC(=O)c1ccc(-c2cc(-c3cnc(C)n3C)cnc2N)cc1F. The molecule has 3 N–H and O–H groups in total. The van der Waals surface area contributed by atoms with Crippen LogP contribution in [0.4, 0.5) is 14.6 Å². The van der Waals surface area contributed by atoms with E-state index in [9.17, 15) is 13.6 Å². The Morgan fingerprint density at radius 1 is 1.25 bits per heavy atom. The number of nitrogens with one attached hydrogen (secondary N) is 1. The Hall–Kier alpha value is -4.07. The topological polar surface area (TPSA) is 85.8 Å². The fourth-order valence-electron chi connectivity index (χ4n) is 3.14. The molecule has 0 saturated carbocycles. The number of amides is 1. The van der Waals surface area contributed by atoms with Gasteiger partial charge < -0.3 is 15.6 Å². The van der Waals surface area contributed by atoms with E-state index in [1.165, 1.54) is 18.2 Å². The van der Waals surface area contributed by atoms with Crippen molar-refractivity contribution in [3.63, 3.8) is 0 Å². The van der Waals surface area contributed by atoms with Crippen molar-refractivity contribution in [3.05, 3.63) is 90.6 Å². The van der Waals surface area contributed by atoms with Crippen LogP contribution in [0.3, 0.4) is 0 Å². The molecule has 6 nitrogen and oxygen atoms in total. The fraction of sp³-hybridized carbons (Fsp3) is 0.125. The van der Waals surface area contributed by atoms with Gasteiger partial charge in [0.25, 0.3) is 5.91 Å². The summed E-state index contributed by atoms with van der Waals surface area (Å²) >= 11 is 0. The summed E-state index contributed by atoms with van der Waals surface area (Å²) in [5.41, 5.74) is 8.92. The number of nitrogens with zero attached hydrogens (tertiary/aromatic N) is 3. The predicted octanol–water partition coefficient (Wildman–Crippen LogP) is 4.50. The smallest absolute Gasteiger partial charge is 0.254 e. The Morgan fingerprint density at radius 2 is 2.00 bits per heavy atom. The van der Waals surface area contributed by atoms with Gasteiger partial charge in [-0.15, -0.1) is 0 Å². The number of aryl methyl sites for hydroxylation is 1. The van der Waals surface area contributed by atoms with Gasteiger partial charge in [0.15, 0.2) is 0 Å². The summed E-state index contributed by atoms with van der Waals surface area (Å²) in [6.45, 7) is 8.55. The molecule has 0 radical (unpaired) electrons. The fourth-order valence-corrected chi connectivity index (χ4v) is 3.14. The highest BCUT2D eigenvalue weighted by Gasteiger charge is 2.16. The maximum absolute atomic E-state index is 14.8. The first kappa shape index (κ1) is 22.6. The number of carbonyl (C=O) groups excluding carboxylic acids is 1. The van der Waals surface area contributed by atoms with Gasteiger partial charge in [-0.3, -0.25) is 4.79 Å². The maximum Gasteiger partial charge on any atom is 0.254 e. The van der Waals surface area contributed by atoms with E-state index in [2.05, 4.69) is 28.4 Å². The van der Waals surface area contributed by atoms with Gasteiger partial charge in [0.1, 0.15) is 23.3 Å². The normalized spacial score (nSPS) is 11.3. The summed E-state index contributed by atoms with van der Waals surface area (Å²) in [5.74, 6) is -0.961. The summed E-state index contributed by atoms with van der Waals surface area (Å²) in [7, 11) is 1.89. The number of imidazole rings is 1. The predicted molar refractivity (Wildman–Crippen MR) is 122 cm³/mol. The molecule has 0 aliphatic rings. The minimum absolute atomic E-state index is 0.0184. The van der Waals surface area contributed by atoms with Crippen LogP contribution in [0.5, 0.6) is 0 Å². The van der Waals surface area contributed by atoms with Crippen molar-refractivity contribution in [2.24, 2.45) is 7.05 Å². The molecular weight excluding hydrogens is 412 g/mol. The lowest BCUT2D eigenvalue weighted by atomic mass is 10.0. The molecule has 1 aromatic carbocycles. The number of carbonyl (C=O) groups is 1. The number of anilines is 1. The Balaban J connectivity index is 1.87. The summed E-state index contributed by atoms with van der Waals surface area (Å²) in [6, 6.07) is 6.00. The summed E-state index contributed by atoms with van der Waals surface area (Å²) < 4.78 is 29.6. The zero-order chi connectivity index (χ0) is 23.4. The van der Waals surface area contributed by atoms with Crippen LogP contribution in [0.15, 0.2) is 73.4 Å². The Bertz CT molecular complexity index is 1240. The number of hydrogen-bond acceptors (Lipinski definition) is 4. The minimum atomic E-state index is -0.722. The number of hydrogen-bond donors (Lipinski definition) is 2. The Labute approximate surface area is 184 Å². The highest BCUT2D eigenvalue weighted by molar-refractivity contribution is 5.95. The van der Waals surface area contributed by atoms with E-state index >= 15 is 0 Å². The van der Waals surface area contributed by atoms with Crippen LogP contribution in [-0.2, 0) is 7.05 Å². The van der Waals surface area contributed by atoms with Crippen molar-refractivity contribution in [3.8, 4) is 22.4 Å². The molecule has 3 aromatic rings. The quantitative estimate of drug-likeness (QED) is 0.535. The van der Waals surface area contributed by atoms with Gasteiger partial charge in [0.05, 0.1) is 17.5 Å². The maximum atomic E-state index is 14.8. The van der Waals surface area contributed by atoms with Gasteiger partial charge in [0.2, 0.25) is 0 Å². The average molecular weight is 435 g/mol. The van der Waals surface area contributed by atoms with E-state index in [0.717, 1.165) is 23.2 Å². The zero-order valence-corrected chi connectivity index (χ0v) is 17.8. The van der Waals surface area contributed by atoms with Crippen molar-refractivity contribution in [1.82, 2.24) is 19.9 Å². The second kappa shape index (κ2) is 9.38. The lowest BCUT2D eigenvalue weighted by Crippen LogP contribution is -2.26. The van der Waals surface area contributed by atoms with Crippen molar-refractivity contribution in [1.29, 1.82) is 0 Å². The lowest BCUT2D eigenvalue weighted by Gasteiger charge is -2.11. The molecule has 164 valence electrons. The Morgan fingerprint density at radius 3 is 2.59 bits per heavy atom. The van der Waals surface area contributed by atoms with Crippen LogP contribution in [0.25, 0.3) is 22.4 Å². The summed E-state index contributed by atoms with van der Waals surface area (Å²) in [6.07, 6.45) is 5.88. The summed E-state index contributed by atoms with van der Waals surface area (Å²) in [4.78, 5) is 20.9. The van der Waals surface area contributed by atoms with Crippen molar-refractivity contribution < 1.29 is 13.6 Å². The van der Waals surface area contributed by atoms with Crippen LogP contribution in [0.2, 0.25) is 0 Å². The molecule has 0 aliphatic carbocycles. The molecule has 0 saturated heterocycles. The molecule has 2 heterocycles. The molecule has 3 rings (SSSR count). The molecule has 0 fully saturated rings. The van der Waals surface area contributed by atoms with Gasteiger partial charge in [-0.05, 0) is 42.3 Å². The van der Waals surface area contributed by atoms with E-state index in [-0.39, 0.29) is 17.9 Å². The van der Waals surface area contributed by atoms with Gasteiger partial charge in [-0.25, -0.2) is 18.7 Å². The summed E-state index contributed by atoms with van der Waals surface area (Å²) in [5, 5.41) is 2.53. The highest BCUT2D eigenvalue weighted by atomic mass is 19.1. The first-order valence-electron chi connectivity index (χ1n) is 9.71. The zero-order valence-electron chi connectivity index (χ0n) is 17.8. The lowest BCUT2D eigenvalue weighted by molar-refractivity contribution is 0.0953. The third-order valence-electron chi connectivity index (χ3n) is 5.02. The van der Waals surface area contributed by atoms with E-state index in [4.69, 9.17) is 5.73 Å². The largest absolute Gasteiger partial charge is 0.383 e. The first-order valence-corrected chi connectivity index (χ1v) is 9.71. The second-order valence-corrected chi connectivity index (χ2v) is 7.15. The molecule has 0 aliphatic heterocycles. The molecule has 2 aromatic heterocycles. The molecular formula is C24H23F2N5O. The van der Waals surface area contributed by atoms with Crippen molar-refractivity contribution in [2.45, 2.75) is 6.92 Å². The third-order valence-corrected chi connectivity index (χ3v) is 5.02. The molecule has 0 bridgehead atoms. The van der Waals surface area contributed by atoms with Crippen LogP contribution < -0.4 is 11.1 Å². The third kappa shape index (κ3) is 4.80. The van der Waals surface area contributed by atoms with Gasteiger partial charge in [-0.2, -0.15) is 0 Å². The monoisotopic (exact) mass is 435 g/mol. The van der Waals surface area contributed by atoms with Crippen LogP contribution in [0.1, 0.15) is 16.2 Å². The molecule has 0 unspecified atom stereocenters. The Kier molecular flexibility index (Phi) is 6.63. The number of nitrogens with two attached hydrogens (primary N) is 1.